The minimum absolute atomic E-state index is 0.0359. The fourth-order valence-electron chi connectivity index (χ4n) is 7.51. The zero-order valence-electron chi connectivity index (χ0n) is 35.1. The van der Waals surface area contributed by atoms with Crippen molar-refractivity contribution in [1.29, 1.82) is 0 Å². The molecule has 1 aromatic heterocycles. The average molecular weight is 847 g/mol. The number of aromatic nitrogens is 1. The zero-order valence-corrected chi connectivity index (χ0v) is 35.1. The molecule has 0 bridgehead atoms. The van der Waals surface area contributed by atoms with Gasteiger partial charge in [0.2, 0.25) is 35.4 Å². The van der Waals surface area contributed by atoms with Crippen molar-refractivity contribution in [2.24, 2.45) is 22.2 Å². The number of hydrogen-bond acceptors (Lipinski definition) is 7. The van der Waals surface area contributed by atoms with Gasteiger partial charge in [0.25, 0.3) is 0 Å². The summed E-state index contributed by atoms with van der Waals surface area (Å²) in [6, 6.07) is 22.8. The fourth-order valence-corrected chi connectivity index (χ4v) is 7.51. The van der Waals surface area contributed by atoms with Crippen molar-refractivity contribution in [3.05, 3.63) is 114 Å². The van der Waals surface area contributed by atoms with Gasteiger partial charge in [-0.3, -0.25) is 33.8 Å². The van der Waals surface area contributed by atoms with Crippen molar-refractivity contribution in [2.45, 2.75) is 94.8 Å². The molecule has 16 nitrogen and oxygen atoms in total. The number of nitrogens with one attached hydrogen (secondary N) is 6. The van der Waals surface area contributed by atoms with Crippen LogP contribution in [-0.2, 0) is 41.6 Å². The van der Waals surface area contributed by atoms with E-state index in [1.807, 2.05) is 97.9 Å². The first kappa shape index (κ1) is 46.1. The lowest BCUT2D eigenvalue weighted by atomic mass is 9.79. The smallest absolute Gasteiger partial charge is 0.246 e. The summed E-state index contributed by atoms with van der Waals surface area (Å²) in [5, 5.41) is 14.9. The molecule has 6 amide bonds. The van der Waals surface area contributed by atoms with Gasteiger partial charge in [-0.05, 0) is 66.9 Å². The Hall–Kier alpha value is -6.97. The SMILES string of the molecule is CCCCC(=O)N[C@]1(C(=O)N[C@H](Cc2ccccc2)C(=O)N[C@@H](CCCN=C(N)N)C(=O)N[C@@H](Cc2c[nH]c3ccccc23)C(=O)NCC(N)=O)CC=C(c2ccccc2)CC1. The highest BCUT2D eigenvalue weighted by molar-refractivity contribution is 5.98. The number of nitrogens with two attached hydrogens (primary N) is 3. The molecule has 4 aromatic rings. The highest BCUT2D eigenvalue weighted by atomic mass is 16.2. The summed E-state index contributed by atoms with van der Waals surface area (Å²) < 4.78 is 0. The number of allylic oxidation sites excluding steroid dienone is 1. The Kier molecular flexibility index (Phi) is 16.8. The molecule has 0 unspecified atom stereocenters. The highest BCUT2D eigenvalue weighted by Crippen LogP contribution is 2.34. The maximum absolute atomic E-state index is 14.6. The van der Waals surface area contributed by atoms with Crippen LogP contribution in [0.25, 0.3) is 16.5 Å². The van der Waals surface area contributed by atoms with E-state index in [9.17, 15) is 28.8 Å². The average Bonchev–Trinajstić information content (AvgIpc) is 3.68. The van der Waals surface area contributed by atoms with Crippen LogP contribution < -0.4 is 43.8 Å². The number of carbonyl (C=O) groups is 6. The number of primary amides is 1. The van der Waals surface area contributed by atoms with Crippen molar-refractivity contribution in [1.82, 2.24) is 31.6 Å². The quantitative estimate of drug-likeness (QED) is 0.0321. The molecule has 328 valence electrons. The molecule has 62 heavy (non-hydrogen) atoms. The largest absolute Gasteiger partial charge is 0.370 e. The molecule has 0 saturated carbocycles. The van der Waals surface area contributed by atoms with Crippen molar-refractivity contribution >= 4 is 57.9 Å². The maximum atomic E-state index is 14.6. The van der Waals surface area contributed by atoms with Crippen LogP contribution in [0.15, 0.2) is 102 Å². The number of guanidine groups is 1. The highest BCUT2D eigenvalue weighted by Gasteiger charge is 2.43. The van der Waals surface area contributed by atoms with Gasteiger partial charge in [0.15, 0.2) is 5.96 Å². The Morgan fingerprint density at radius 3 is 2.11 bits per heavy atom. The minimum Gasteiger partial charge on any atom is -0.370 e. The Balaban J connectivity index is 1.42. The summed E-state index contributed by atoms with van der Waals surface area (Å²) in [5.41, 5.74) is 19.4. The number of carbonyl (C=O) groups excluding carboxylic acids is 6. The molecule has 0 saturated heterocycles. The van der Waals surface area contributed by atoms with E-state index < -0.39 is 59.7 Å². The lowest BCUT2D eigenvalue weighted by Gasteiger charge is -2.37. The number of unbranched alkanes of at least 4 members (excludes halogenated alkanes) is 1. The predicted octanol–water partition coefficient (Wildman–Crippen LogP) is 2.38. The molecule has 4 atom stereocenters. The van der Waals surface area contributed by atoms with E-state index in [1.54, 1.807) is 6.20 Å². The number of H-pyrrole nitrogens is 1. The molecular formula is C46H58N10O6. The van der Waals surface area contributed by atoms with Gasteiger partial charge in [-0.1, -0.05) is 98.3 Å². The standard InChI is InChI=1S/C46H58N10O6/c1-2-3-20-40(58)56-46(23-21-32(22-24-46)31-15-8-5-9-16-31)44(62)55-37(26-30-13-6-4-7-14-30)43(61)53-36(19-12-25-50-45(48)49)42(60)54-38(41(59)52-29-39(47)57)27-33-28-51-35-18-11-10-17-34(33)35/h4-11,13-18,21,28,36-38,51H,2-3,12,19-20,22-27,29H2,1H3,(H2,47,57)(H,52,59)(H,53,61)(H,54,60)(H,55,62)(H,56,58)(H4,48,49,50)/t36-,37+,38-,46+/m0/s1. The first-order chi connectivity index (χ1) is 29.9. The lowest BCUT2D eigenvalue weighted by Crippen LogP contribution is -2.63. The van der Waals surface area contributed by atoms with Crippen LogP contribution in [0, 0.1) is 0 Å². The Labute approximate surface area is 361 Å². The topological polar surface area (TPSA) is 269 Å². The maximum Gasteiger partial charge on any atom is 0.246 e. The molecular weight excluding hydrogens is 789 g/mol. The second kappa shape index (κ2) is 22.6. The van der Waals surface area contributed by atoms with Gasteiger partial charge in [-0.15, -0.1) is 0 Å². The number of aliphatic imine (C=N–C) groups is 1. The summed E-state index contributed by atoms with van der Waals surface area (Å²) in [7, 11) is 0. The van der Waals surface area contributed by atoms with Crippen LogP contribution in [0.1, 0.15) is 75.0 Å². The molecule has 1 heterocycles. The number of para-hydroxylation sites is 1. The number of aromatic amines is 1. The molecule has 5 rings (SSSR count). The number of benzene rings is 3. The lowest BCUT2D eigenvalue weighted by molar-refractivity contribution is -0.137. The number of nitrogens with zero attached hydrogens (tertiary/aromatic N) is 1. The van der Waals surface area contributed by atoms with Gasteiger partial charge in [0.05, 0.1) is 6.54 Å². The number of hydrogen-bond donors (Lipinski definition) is 9. The molecule has 0 radical (unpaired) electrons. The summed E-state index contributed by atoms with van der Waals surface area (Å²) in [4.78, 5) is 89.0. The molecule has 0 aliphatic heterocycles. The van der Waals surface area contributed by atoms with Gasteiger partial charge in [0.1, 0.15) is 23.7 Å². The first-order valence-electron chi connectivity index (χ1n) is 21.0. The van der Waals surface area contributed by atoms with Crippen LogP contribution in [0.4, 0.5) is 0 Å². The van der Waals surface area contributed by atoms with Crippen LogP contribution in [0.5, 0.6) is 0 Å². The predicted molar refractivity (Wildman–Crippen MR) is 239 cm³/mol. The van der Waals surface area contributed by atoms with E-state index in [4.69, 9.17) is 17.2 Å². The van der Waals surface area contributed by atoms with Gasteiger partial charge in [-0.25, -0.2) is 0 Å². The van der Waals surface area contributed by atoms with E-state index in [2.05, 4.69) is 36.6 Å². The monoisotopic (exact) mass is 846 g/mol. The third-order valence-corrected chi connectivity index (χ3v) is 10.9. The minimum atomic E-state index is -1.34. The molecule has 1 aliphatic rings. The number of rotatable bonds is 22. The molecule has 16 heteroatoms. The van der Waals surface area contributed by atoms with E-state index in [1.165, 1.54) is 0 Å². The second-order valence-electron chi connectivity index (χ2n) is 15.6. The summed E-state index contributed by atoms with van der Waals surface area (Å²) in [6.45, 7) is 1.67. The van der Waals surface area contributed by atoms with Gasteiger partial charge in [-0.2, -0.15) is 0 Å². The summed E-state index contributed by atoms with van der Waals surface area (Å²) in [5.74, 6) is -3.73. The van der Waals surface area contributed by atoms with Crippen molar-refractivity contribution in [2.75, 3.05) is 13.1 Å². The normalized spacial score (nSPS) is 16.1. The molecule has 12 N–H and O–H groups in total. The Bertz CT molecular complexity index is 2240. The number of amides is 6. The second-order valence-corrected chi connectivity index (χ2v) is 15.6. The Morgan fingerprint density at radius 2 is 1.44 bits per heavy atom. The summed E-state index contributed by atoms with van der Waals surface area (Å²) in [6.07, 6.45) is 6.80. The third kappa shape index (κ3) is 13.3. The molecule has 1 aliphatic carbocycles. The van der Waals surface area contributed by atoms with Crippen LogP contribution >= 0.6 is 0 Å². The van der Waals surface area contributed by atoms with Crippen LogP contribution in [0.3, 0.4) is 0 Å². The summed E-state index contributed by atoms with van der Waals surface area (Å²) >= 11 is 0. The zero-order chi connectivity index (χ0) is 44.5. The fraction of sp³-hybridized carbons (Fsp3) is 0.370. The van der Waals surface area contributed by atoms with Gasteiger partial charge in [0, 0.05) is 42.9 Å². The molecule has 3 aromatic carbocycles. The van der Waals surface area contributed by atoms with Gasteiger partial charge < -0.3 is 48.8 Å². The molecule has 0 spiro atoms. The van der Waals surface area contributed by atoms with E-state index in [-0.39, 0.29) is 56.9 Å². The van der Waals surface area contributed by atoms with Crippen molar-refractivity contribution in [3.63, 3.8) is 0 Å². The van der Waals surface area contributed by atoms with Gasteiger partial charge >= 0.3 is 0 Å². The van der Waals surface area contributed by atoms with E-state index in [0.29, 0.717) is 19.3 Å². The van der Waals surface area contributed by atoms with Crippen molar-refractivity contribution in [3.8, 4) is 0 Å². The van der Waals surface area contributed by atoms with Crippen molar-refractivity contribution < 1.29 is 28.8 Å². The van der Waals surface area contributed by atoms with E-state index in [0.717, 1.165) is 39.6 Å². The Morgan fingerprint density at radius 1 is 0.774 bits per heavy atom. The van der Waals surface area contributed by atoms with Crippen LogP contribution in [-0.4, -0.2) is 83.1 Å². The van der Waals surface area contributed by atoms with Crippen LogP contribution in [0.2, 0.25) is 0 Å². The molecule has 0 fully saturated rings. The third-order valence-electron chi connectivity index (χ3n) is 10.9. The number of fused-ring (bicyclic) bond motifs is 1. The first-order valence-corrected chi connectivity index (χ1v) is 21.0. The van der Waals surface area contributed by atoms with E-state index >= 15 is 0 Å².